The number of likely N-dealkylation sites (N-methyl/N-ethyl adjacent to an activating group) is 1. The normalized spacial score (nSPS) is 27.0. The topological polar surface area (TPSA) is 39.2 Å². The fourth-order valence-electron chi connectivity index (χ4n) is 4.96. The van der Waals surface area contributed by atoms with Gasteiger partial charge in [-0.15, -0.1) is 0 Å². The standard InChI is InChI=1S/C22H23ClN4O/c1-15-22(21(28)27(24-15)18-6-4-3-5-7-18)13-16-8-9-17(23)12-19(16)26-11-10-25(2)14-20(22)26/h3-9,12,20H,10-11,13-14H2,1-2H3/t20-,22+/m0/s1. The van der Waals surface area contributed by atoms with Crippen LogP contribution in [0.15, 0.2) is 53.6 Å². The molecule has 0 bridgehead atoms. The maximum atomic E-state index is 13.9. The summed E-state index contributed by atoms with van der Waals surface area (Å²) in [6.07, 6.45) is 0.659. The van der Waals surface area contributed by atoms with Gasteiger partial charge in [-0.3, -0.25) is 4.79 Å². The van der Waals surface area contributed by atoms with Gasteiger partial charge in [-0.2, -0.15) is 10.1 Å². The summed E-state index contributed by atoms with van der Waals surface area (Å²) in [5, 5.41) is 7.09. The average Bonchev–Trinajstić information content (AvgIpc) is 2.95. The Labute approximate surface area is 170 Å². The van der Waals surface area contributed by atoms with Crippen LogP contribution < -0.4 is 9.91 Å². The first-order valence-corrected chi connectivity index (χ1v) is 10.1. The molecule has 2 aromatic carbocycles. The van der Waals surface area contributed by atoms with E-state index in [1.54, 1.807) is 5.01 Å². The fraction of sp³-hybridized carbons (Fsp3) is 0.364. The molecule has 5 nitrogen and oxygen atoms in total. The maximum Gasteiger partial charge on any atom is 0.261 e. The number of hydrogen-bond donors (Lipinski definition) is 0. The molecular weight excluding hydrogens is 372 g/mol. The molecule has 2 atom stereocenters. The van der Waals surface area contributed by atoms with E-state index in [1.165, 1.54) is 5.56 Å². The lowest BCUT2D eigenvalue weighted by Crippen LogP contribution is -2.66. The Balaban J connectivity index is 1.65. The van der Waals surface area contributed by atoms with Crippen LogP contribution in [-0.4, -0.2) is 49.2 Å². The Morgan fingerprint density at radius 2 is 1.93 bits per heavy atom. The van der Waals surface area contributed by atoms with E-state index in [-0.39, 0.29) is 11.9 Å². The van der Waals surface area contributed by atoms with Gasteiger partial charge in [-0.1, -0.05) is 35.9 Å². The maximum absolute atomic E-state index is 13.9. The molecule has 3 aliphatic heterocycles. The number of rotatable bonds is 1. The van der Waals surface area contributed by atoms with Crippen LogP contribution in [0, 0.1) is 5.41 Å². The van der Waals surface area contributed by atoms with Crippen molar-refractivity contribution in [3.05, 3.63) is 59.1 Å². The number of para-hydroxylation sites is 1. The van der Waals surface area contributed by atoms with Gasteiger partial charge in [-0.05, 0) is 50.2 Å². The number of carbonyl (C=O) groups is 1. The van der Waals surface area contributed by atoms with Gasteiger partial charge in [0.2, 0.25) is 0 Å². The van der Waals surface area contributed by atoms with Crippen molar-refractivity contribution >= 4 is 34.6 Å². The van der Waals surface area contributed by atoms with Gasteiger partial charge < -0.3 is 9.80 Å². The van der Waals surface area contributed by atoms with Crippen LogP contribution in [0.4, 0.5) is 11.4 Å². The molecule has 0 saturated carbocycles. The van der Waals surface area contributed by atoms with Gasteiger partial charge in [0.25, 0.3) is 5.91 Å². The molecule has 5 rings (SSSR count). The Morgan fingerprint density at radius 3 is 2.71 bits per heavy atom. The van der Waals surface area contributed by atoms with Crippen LogP contribution in [0.5, 0.6) is 0 Å². The number of hydrogen-bond acceptors (Lipinski definition) is 4. The number of amides is 1. The van der Waals surface area contributed by atoms with Crippen molar-refractivity contribution in [3.63, 3.8) is 0 Å². The van der Waals surface area contributed by atoms with Crippen LogP contribution in [0.3, 0.4) is 0 Å². The third-order valence-electron chi connectivity index (χ3n) is 6.45. The van der Waals surface area contributed by atoms with Crippen LogP contribution in [0.1, 0.15) is 12.5 Å². The van der Waals surface area contributed by atoms with E-state index >= 15 is 0 Å². The molecule has 1 spiro atoms. The second kappa shape index (κ2) is 6.33. The van der Waals surface area contributed by atoms with Crippen molar-refractivity contribution in [1.82, 2.24) is 4.90 Å². The number of benzene rings is 2. The molecule has 144 valence electrons. The van der Waals surface area contributed by atoms with Crippen LogP contribution >= 0.6 is 11.6 Å². The first-order valence-electron chi connectivity index (χ1n) is 9.69. The smallest absolute Gasteiger partial charge is 0.261 e. The summed E-state index contributed by atoms with van der Waals surface area (Å²) in [6, 6.07) is 15.8. The van der Waals surface area contributed by atoms with Crippen LogP contribution in [0.2, 0.25) is 5.02 Å². The number of halogens is 1. The second-order valence-corrected chi connectivity index (χ2v) is 8.47. The highest BCUT2D eigenvalue weighted by molar-refractivity contribution is 6.31. The van der Waals surface area contributed by atoms with Crippen molar-refractivity contribution in [1.29, 1.82) is 0 Å². The summed E-state index contributed by atoms with van der Waals surface area (Å²) in [5.74, 6) is 0.0714. The van der Waals surface area contributed by atoms with Crippen molar-refractivity contribution in [2.75, 3.05) is 36.6 Å². The third kappa shape index (κ3) is 2.43. The predicted octanol–water partition coefficient (Wildman–Crippen LogP) is 3.43. The summed E-state index contributed by atoms with van der Waals surface area (Å²) in [6.45, 7) is 4.68. The monoisotopic (exact) mass is 394 g/mol. The van der Waals surface area contributed by atoms with Gasteiger partial charge in [0, 0.05) is 30.3 Å². The minimum Gasteiger partial charge on any atom is -0.364 e. The Hall–Kier alpha value is -2.37. The molecule has 0 aromatic heterocycles. The molecule has 0 unspecified atom stereocenters. The van der Waals surface area contributed by atoms with E-state index in [0.717, 1.165) is 41.7 Å². The molecular formula is C22H23ClN4O. The first kappa shape index (κ1) is 17.7. The Kier molecular flexibility index (Phi) is 4.00. The third-order valence-corrected chi connectivity index (χ3v) is 6.68. The summed E-state index contributed by atoms with van der Waals surface area (Å²) in [4.78, 5) is 18.6. The van der Waals surface area contributed by atoms with Crippen LogP contribution in [0.25, 0.3) is 0 Å². The highest BCUT2D eigenvalue weighted by Gasteiger charge is 2.59. The molecule has 1 amide bonds. The molecule has 2 aromatic rings. The molecule has 6 heteroatoms. The van der Waals surface area contributed by atoms with Crippen molar-refractivity contribution < 1.29 is 4.79 Å². The molecule has 0 N–H and O–H groups in total. The van der Waals surface area contributed by atoms with E-state index < -0.39 is 5.41 Å². The van der Waals surface area contributed by atoms with E-state index in [0.29, 0.717) is 6.42 Å². The van der Waals surface area contributed by atoms with Gasteiger partial charge >= 0.3 is 0 Å². The number of anilines is 2. The lowest BCUT2D eigenvalue weighted by Gasteiger charge is -2.52. The van der Waals surface area contributed by atoms with E-state index in [4.69, 9.17) is 16.7 Å². The van der Waals surface area contributed by atoms with E-state index in [9.17, 15) is 4.79 Å². The largest absolute Gasteiger partial charge is 0.364 e. The lowest BCUT2D eigenvalue weighted by atomic mass is 9.67. The molecule has 1 fully saturated rings. The SMILES string of the molecule is CC1=NN(c2ccccc2)C(=O)[C@]12Cc1ccc(Cl)cc1N1CCN(C)C[C@H]12. The van der Waals surface area contributed by atoms with Crippen LogP contribution in [-0.2, 0) is 11.2 Å². The molecule has 28 heavy (non-hydrogen) atoms. The minimum absolute atomic E-state index is 0.0437. The average molecular weight is 395 g/mol. The molecule has 1 saturated heterocycles. The molecule has 3 aliphatic rings. The summed E-state index contributed by atoms with van der Waals surface area (Å²) in [5.41, 5.74) is 3.40. The predicted molar refractivity (Wildman–Crippen MR) is 113 cm³/mol. The zero-order valence-corrected chi connectivity index (χ0v) is 16.9. The Bertz CT molecular complexity index is 976. The number of fused-ring (bicyclic) bond motifs is 4. The number of carbonyl (C=O) groups excluding carboxylic acids is 1. The Morgan fingerprint density at radius 1 is 1.14 bits per heavy atom. The summed E-state index contributed by atoms with van der Waals surface area (Å²) in [7, 11) is 2.12. The molecule has 3 heterocycles. The van der Waals surface area contributed by atoms with Crippen molar-refractivity contribution in [2.24, 2.45) is 10.5 Å². The van der Waals surface area contributed by atoms with Gasteiger partial charge in [0.1, 0.15) is 5.41 Å². The highest BCUT2D eigenvalue weighted by Crippen LogP contribution is 2.48. The molecule has 0 aliphatic carbocycles. The van der Waals surface area contributed by atoms with Gasteiger partial charge in [0.15, 0.2) is 0 Å². The van der Waals surface area contributed by atoms with E-state index in [1.807, 2.05) is 49.4 Å². The van der Waals surface area contributed by atoms with E-state index in [2.05, 4.69) is 22.9 Å². The first-order chi connectivity index (χ1) is 13.5. The minimum atomic E-state index is -0.647. The molecule has 0 radical (unpaired) electrons. The van der Waals surface area contributed by atoms with Gasteiger partial charge in [0.05, 0.1) is 17.4 Å². The quantitative estimate of drug-likeness (QED) is 0.743. The number of piperazine rings is 1. The van der Waals surface area contributed by atoms with Crippen molar-refractivity contribution in [3.8, 4) is 0 Å². The highest BCUT2D eigenvalue weighted by atomic mass is 35.5. The zero-order chi connectivity index (χ0) is 19.5. The summed E-state index contributed by atoms with van der Waals surface area (Å²) < 4.78 is 0. The number of hydrazone groups is 1. The van der Waals surface area contributed by atoms with Crippen molar-refractivity contribution in [2.45, 2.75) is 19.4 Å². The fourth-order valence-corrected chi connectivity index (χ4v) is 5.13. The lowest BCUT2D eigenvalue weighted by molar-refractivity contribution is -0.125. The number of nitrogens with zero attached hydrogens (tertiary/aromatic N) is 4. The second-order valence-electron chi connectivity index (χ2n) is 8.03. The zero-order valence-electron chi connectivity index (χ0n) is 16.1. The summed E-state index contributed by atoms with van der Waals surface area (Å²) >= 11 is 6.31. The van der Waals surface area contributed by atoms with Gasteiger partial charge in [-0.25, -0.2) is 0 Å².